The highest BCUT2D eigenvalue weighted by Crippen LogP contribution is 2.31. The minimum atomic E-state index is -3.95. The summed E-state index contributed by atoms with van der Waals surface area (Å²) < 4.78 is 35.9. The fourth-order valence-electron chi connectivity index (χ4n) is 5.16. The first kappa shape index (κ1) is 29.2. The normalized spacial score (nSPS) is 14.3. The molecule has 1 aliphatic rings. The number of methoxy groups -OCH3 is 1. The summed E-state index contributed by atoms with van der Waals surface area (Å²) in [6.07, 6.45) is 0.196. The standard InChI is InChI=1S/C33H36N4O4S/c1-25(27-11-7-4-8-12-27)35-42(39,40)32-24-28(34-33(38)23-26-9-5-3-6-10-26)13-18-31(32)37-21-19-36(20-22-37)29-14-16-30(41-2)17-15-29/h3-18,24-25,35H,19-23H2,1-2H3,(H,34,38). The fourth-order valence-corrected chi connectivity index (χ4v) is 6.64. The number of anilines is 3. The van der Waals surface area contributed by atoms with Crippen molar-refractivity contribution in [3.8, 4) is 5.75 Å². The van der Waals surface area contributed by atoms with E-state index < -0.39 is 16.1 Å². The number of carbonyl (C=O) groups excluding carboxylic acids is 1. The maximum Gasteiger partial charge on any atom is 0.243 e. The number of amides is 1. The summed E-state index contributed by atoms with van der Waals surface area (Å²) in [4.78, 5) is 17.3. The molecule has 1 unspecified atom stereocenters. The lowest BCUT2D eigenvalue weighted by Gasteiger charge is -2.38. The number of nitrogens with one attached hydrogen (secondary N) is 2. The van der Waals surface area contributed by atoms with Gasteiger partial charge in [-0.1, -0.05) is 60.7 Å². The predicted molar refractivity (Wildman–Crippen MR) is 168 cm³/mol. The third kappa shape index (κ3) is 7.10. The van der Waals surface area contributed by atoms with Crippen LogP contribution in [0.3, 0.4) is 0 Å². The van der Waals surface area contributed by atoms with E-state index in [0.29, 0.717) is 24.5 Å². The molecule has 42 heavy (non-hydrogen) atoms. The van der Waals surface area contributed by atoms with Gasteiger partial charge in [0.1, 0.15) is 10.6 Å². The van der Waals surface area contributed by atoms with Gasteiger partial charge in [-0.2, -0.15) is 0 Å². The van der Waals surface area contributed by atoms with Crippen LogP contribution in [0.25, 0.3) is 0 Å². The van der Waals surface area contributed by atoms with Crippen molar-refractivity contribution in [2.24, 2.45) is 0 Å². The first-order valence-electron chi connectivity index (χ1n) is 14.0. The van der Waals surface area contributed by atoms with Crippen molar-refractivity contribution in [1.29, 1.82) is 0 Å². The van der Waals surface area contributed by atoms with E-state index in [1.165, 1.54) is 0 Å². The van der Waals surface area contributed by atoms with Gasteiger partial charge in [-0.15, -0.1) is 0 Å². The lowest BCUT2D eigenvalue weighted by atomic mass is 10.1. The van der Waals surface area contributed by atoms with E-state index in [0.717, 1.165) is 35.7 Å². The Morgan fingerprint density at radius 3 is 2.10 bits per heavy atom. The van der Waals surface area contributed by atoms with Crippen LogP contribution >= 0.6 is 0 Å². The molecule has 0 spiro atoms. The van der Waals surface area contributed by atoms with Crippen LogP contribution < -0.4 is 24.6 Å². The van der Waals surface area contributed by atoms with Crippen molar-refractivity contribution < 1.29 is 17.9 Å². The Morgan fingerprint density at radius 1 is 0.833 bits per heavy atom. The molecule has 0 aromatic heterocycles. The number of rotatable bonds is 10. The van der Waals surface area contributed by atoms with Crippen LogP contribution in [0.4, 0.5) is 17.1 Å². The molecule has 9 heteroatoms. The van der Waals surface area contributed by atoms with E-state index in [4.69, 9.17) is 4.74 Å². The van der Waals surface area contributed by atoms with E-state index in [1.807, 2.05) is 91.9 Å². The van der Waals surface area contributed by atoms with Gasteiger partial charge in [-0.05, 0) is 60.5 Å². The Labute approximate surface area is 248 Å². The summed E-state index contributed by atoms with van der Waals surface area (Å²) in [5.41, 5.74) is 3.89. The molecule has 1 atom stereocenters. The number of nitrogens with zero attached hydrogens (tertiary/aromatic N) is 2. The van der Waals surface area contributed by atoms with Gasteiger partial charge in [-0.3, -0.25) is 4.79 Å². The molecule has 0 radical (unpaired) electrons. The van der Waals surface area contributed by atoms with E-state index in [2.05, 4.69) is 19.8 Å². The van der Waals surface area contributed by atoms with Gasteiger partial charge in [-0.25, -0.2) is 13.1 Å². The van der Waals surface area contributed by atoms with E-state index in [-0.39, 0.29) is 17.2 Å². The van der Waals surface area contributed by atoms with Crippen molar-refractivity contribution in [3.63, 3.8) is 0 Å². The van der Waals surface area contributed by atoms with Crippen LogP contribution in [0.2, 0.25) is 0 Å². The van der Waals surface area contributed by atoms with Crippen molar-refractivity contribution >= 4 is 33.0 Å². The minimum Gasteiger partial charge on any atom is -0.497 e. The third-order valence-corrected chi connectivity index (χ3v) is 9.00. The lowest BCUT2D eigenvalue weighted by molar-refractivity contribution is -0.115. The predicted octanol–water partition coefficient (Wildman–Crippen LogP) is 5.24. The Kier molecular flexibility index (Phi) is 9.09. The first-order valence-corrected chi connectivity index (χ1v) is 15.5. The quantitative estimate of drug-likeness (QED) is 0.265. The van der Waals surface area contributed by atoms with E-state index >= 15 is 0 Å². The van der Waals surface area contributed by atoms with Crippen molar-refractivity contribution in [1.82, 2.24) is 4.72 Å². The van der Waals surface area contributed by atoms with Crippen LogP contribution in [0.1, 0.15) is 24.1 Å². The summed E-state index contributed by atoms with van der Waals surface area (Å²) >= 11 is 0. The zero-order chi connectivity index (χ0) is 29.5. The number of ether oxygens (including phenoxy) is 1. The molecule has 0 saturated carbocycles. The highest BCUT2D eigenvalue weighted by Gasteiger charge is 2.27. The van der Waals surface area contributed by atoms with Gasteiger partial charge in [0, 0.05) is 43.6 Å². The molecular formula is C33H36N4O4S. The van der Waals surface area contributed by atoms with Gasteiger partial charge in [0.05, 0.1) is 19.2 Å². The number of benzene rings is 4. The average Bonchev–Trinajstić information content (AvgIpc) is 3.02. The Balaban J connectivity index is 1.38. The average molecular weight is 585 g/mol. The zero-order valence-corrected chi connectivity index (χ0v) is 24.7. The second kappa shape index (κ2) is 13.1. The summed E-state index contributed by atoms with van der Waals surface area (Å²) in [5, 5.41) is 2.89. The molecule has 4 aromatic carbocycles. The molecule has 1 aliphatic heterocycles. The molecule has 1 saturated heterocycles. The van der Waals surface area contributed by atoms with Crippen LogP contribution in [0, 0.1) is 0 Å². The number of hydrogen-bond donors (Lipinski definition) is 2. The van der Waals surface area contributed by atoms with Crippen LogP contribution in [0.15, 0.2) is 108 Å². The third-order valence-electron chi connectivity index (χ3n) is 7.43. The summed E-state index contributed by atoms with van der Waals surface area (Å²) in [5.74, 6) is 0.594. The van der Waals surface area contributed by atoms with E-state index in [9.17, 15) is 13.2 Å². The highest BCUT2D eigenvalue weighted by atomic mass is 32.2. The topological polar surface area (TPSA) is 91.0 Å². The number of piperazine rings is 1. The molecular weight excluding hydrogens is 548 g/mol. The molecule has 1 amide bonds. The molecule has 218 valence electrons. The van der Waals surface area contributed by atoms with Gasteiger partial charge in [0.2, 0.25) is 15.9 Å². The second-order valence-electron chi connectivity index (χ2n) is 10.3. The molecule has 2 N–H and O–H groups in total. The summed E-state index contributed by atoms with van der Waals surface area (Å²) in [7, 11) is -2.30. The van der Waals surface area contributed by atoms with Gasteiger partial charge in [0.25, 0.3) is 0 Å². The van der Waals surface area contributed by atoms with Gasteiger partial charge in [0.15, 0.2) is 0 Å². The van der Waals surface area contributed by atoms with Crippen LogP contribution in [-0.2, 0) is 21.2 Å². The molecule has 0 bridgehead atoms. The fraction of sp³-hybridized carbons (Fsp3) is 0.242. The Bertz CT molecular complexity index is 1590. The minimum absolute atomic E-state index is 0.140. The molecule has 8 nitrogen and oxygen atoms in total. The first-order chi connectivity index (χ1) is 20.3. The number of carbonyl (C=O) groups is 1. The van der Waals surface area contributed by atoms with Crippen LogP contribution in [0.5, 0.6) is 5.75 Å². The van der Waals surface area contributed by atoms with Crippen molar-refractivity contribution in [2.45, 2.75) is 24.3 Å². The van der Waals surface area contributed by atoms with E-state index in [1.54, 1.807) is 25.3 Å². The Hall–Kier alpha value is -4.34. The van der Waals surface area contributed by atoms with Gasteiger partial charge >= 0.3 is 0 Å². The van der Waals surface area contributed by atoms with Gasteiger partial charge < -0.3 is 19.9 Å². The lowest BCUT2D eigenvalue weighted by Crippen LogP contribution is -2.47. The molecule has 4 aromatic rings. The van der Waals surface area contributed by atoms with Crippen LogP contribution in [-0.4, -0.2) is 47.6 Å². The number of sulfonamides is 1. The molecule has 1 fully saturated rings. The monoisotopic (exact) mass is 584 g/mol. The maximum absolute atomic E-state index is 13.9. The molecule has 0 aliphatic carbocycles. The SMILES string of the molecule is COc1ccc(N2CCN(c3ccc(NC(=O)Cc4ccccc4)cc3S(=O)(=O)NC(C)c3ccccc3)CC2)cc1. The van der Waals surface area contributed by atoms with Crippen molar-refractivity contribution in [3.05, 3.63) is 114 Å². The van der Waals surface area contributed by atoms with Crippen molar-refractivity contribution in [2.75, 3.05) is 48.4 Å². The maximum atomic E-state index is 13.9. The second-order valence-corrected chi connectivity index (χ2v) is 12.0. The molecule has 1 heterocycles. The summed E-state index contributed by atoms with van der Waals surface area (Å²) in [6.45, 7) is 4.57. The number of hydrogen-bond acceptors (Lipinski definition) is 6. The smallest absolute Gasteiger partial charge is 0.243 e. The zero-order valence-electron chi connectivity index (χ0n) is 23.9. The largest absolute Gasteiger partial charge is 0.497 e. The molecule has 5 rings (SSSR count). The Morgan fingerprint density at radius 2 is 1.45 bits per heavy atom. The summed E-state index contributed by atoms with van der Waals surface area (Å²) in [6, 6.07) is 31.5. The highest BCUT2D eigenvalue weighted by molar-refractivity contribution is 7.89.